The molecule has 10 nitrogen and oxygen atoms in total. The Bertz CT molecular complexity index is 2140. The van der Waals surface area contributed by atoms with Gasteiger partial charge in [-0.2, -0.15) is 5.10 Å². The number of carbonyl (C=O) groups is 1. The smallest absolute Gasteiger partial charge is 0.224 e. The highest BCUT2D eigenvalue weighted by Gasteiger charge is 2.16. The van der Waals surface area contributed by atoms with Crippen molar-refractivity contribution in [2.75, 3.05) is 11.6 Å². The van der Waals surface area contributed by atoms with Crippen LogP contribution in [0.2, 0.25) is 0 Å². The summed E-state index contributed by atoms with van der Waals surface area (Å²) in [4.78, 5) is 24.6. The number of benzene rings is 2. The predicted molar refractivity (Wildman–Crippen MR) is 170 cm³/mol. The van der Waals surface area contributed by atoms with E-state index >= 15 is 0 Å². The van der Waals surface area contributed by atoms with Crippen LogP contribution in [0.1, 0.15) is 25.8 Å². The number of sulfonamides is 1. The molecule has 6 rings (SSSR count). The average Bonchev–Trinajstić information content (AvgIpc) is 3.59. The van der Waals surface area contributed by atoms with Crippen LogP contribution in [0.25, 0.3) is 55.6 Å². The Balaban J connectivity index is 1.36. The van der Waals surface area contributed by atoms with E-state index in [0.29, 0.717) is 34.6 Å². The highest BCUT2D eigenvalue weighted by atomic mass is 32.2. The van der Waals surface area contributed by atoms with Crippen molar-refractivity contribution in [3.05, 3.63) is 84.6 Å². The third kappa shape index (κ3) is 6.36. The largest absolute Gasteiger partial charge is 0.353 e. The number of rotatable bonds is 9. The molecule has 4 heterocycles. The van der Waals surface area contributed by atoms with Gasteiger partial charge in [-0.3, -0.25) is 14.9 Å². The lowest BCUT2D eigenvalue weighted by Gasteiger charge is -2.08. The highest BCUT2D eigenvalue weighted by Crippen LogP contribution is 2.35. The summed E-state index contributed by atoms with van der Waals surface area (Å²) < 4.78 is 40.2. The molecule has 4 aromatic heterocycles. The van der Waals surface area contributed by atoms with E-state index < -0.39 is 15.8 Å². The molecule has 0 aliphatic carbocycles. The number of carbonyl (C=O) groups excluding carboxylic acids is 1. The zero-order valence-corrected chi connectivity index (χ0v) is 25.1. The summed E-state index contributed by atoms with van der Waals surface area (Å²) >= 11 is 0. The Morgan fingerprint density at radius 2 is 1.80 bits per heavy atom. The van der Waals surface area contributed by atoms with E-state index in [0.717, 1.165) is 44.9 Å². The summed E-state index contributed by atoms with van der Waals surface area (Å²) in [7, 11) is -3.43. The fraction of sp³-hybridized carbons (Fsp3) is 0.188. The summed E-state index contributed by atoms with van der Waals surface area (Å²) in [6, 6.07) is 16.0. The minimum absolute atomic E-state index is 0.0186. The van der Waals surface area contributed by atoms with E-state index in [9.17, 15) is 17.6 Å². The first-order valence-corrected chi connectivity index (χ1v) is 15.9. The van der Waals surface area contributed by atoms with Crippen LogP contribution in [-0.2, 0) is 21.4 Å². The van der Waals surface area contributed by atoms with Crippen molar-refractivity contribution in [1.29, 1.82) is 0 Å². The Morgan fingerprint density at radius 3 is 2.59 bits per heavy atom. The first-order chi connectivity index (χ1) is 21.0. The van der Waals surface area contributed by atoms with E-state index in [2.05, 4.69) is 35.2 Å². The summed E-state index contributed by atoms with van der Waals surface area (Å²) in [5.41, 5.74) is 6.94. The molecular formula is C32H30FN7O3S. The minimum Gasteiger partial charge on any atom is -0.353 e. The van der Waals surface area contributed by atoms with Gasteiger partial charge in [-0.25, -0.2) is 22.5 Å². The minimum atomic E-state index is -3.43. The Kier molecular flexibility index (Phi) is 7.70. The maximum absolute atomic E-state index is 14.6. The van der Waals surface area contributed by atoms with Gasteiger partial charge >= 0.3 is 0 Å². The topological polar surface area (TPSA) is 146 Å². The second-order valence-electron chi connectivity index (χ2n) is 11.2. The van der Waals surface area contributed by atoms with Gasteiger partial charge in [0.2, 0.25) is 15.9 Å². The van der Waals surface area contributed by atoms with Crippen LogP contribution in [-0.4, -0.2) is 45.7 Å². The number of fused-ring (bicyclic) bond motifs is 2. The van der Waals surface area contributed by atoms with Crippen molar-refractivity contribution in [1.82, 2.24) is 29.9 Å². The molecule has 1 amide bonds. The number of pyridine rings is 2. The molecule has 224 valence electrons. The summed E-state index contributed by atoms with van der Waals surface area (Å²) in [5.74, 6) is -0.285. The monoisotopic (exact) mass is 611 g/mol. The summed E-state index contributed by atoms with van der Waals surface area (Å²) in [6.07, 6.45) is 6.54. The summed E-state index contributed by atoms with van der Waals surface area (Å²) in [5, 5.41) is 12.1. The van der Waals surface area contributed by atoms with Crippen LogP contribution in [0, 0.1) is 11.7 Å². The normalized spacial score (nSPS) is 11.9. The molecule has 44 heavy (non-hydrogen) atoms. The molecule has 0 atom stereocenters. The van der Waals surface area contributed by atoms with Gasteiger partial charge in [-0.15, -0.1) is 0 Å². The molecule has 0 saturated carbocycles. The fourth-order valence-corrected chi connectivity index (χ4v) is 5.60. The molecule has 2 aromatic carbocycles. The molecule has 0 aliphatic heterocycles. The third-order valence-corrected chi connectivity index (χ3v) is 7.76. The quantitative estimate of drug-likeness (QED) is 0.158. The molecule has 0 unspecified atom stereocenters. The van der Waals surface area contributed by atoms with E-state index in [4.69, 9.17) is 0 Å². The van der Waals surface area contributed by atoms with E-state index in [1.165, 1.54) is 12.1 Å². The Labute approximate surface area is 253 Å². The van der Waals surface area contributed by atoms with Crippen molar-refractivity contribution >= 4 is 43.6 Å². The number of nitrogens with one attached hydrogen (secondary N) is 4. The molecule has 0 aliphatic rings. The van der Waals surface area contributed by atoms with E-state index in [1.807, 2.05) is 50.2 Å². The SMILES string of the molecule is CC(C)CC(=O)Nc1cncc(-c2cnc3[nH]nc(-c4cc5c(-c6cc(F)cc(CNS(C)(=O)=O)c6)cccc5[nH]4)c3c2)c1. The number of halogens is 1. The second-order valence-corrected chi connectivity index (χ2v) is 13.0. The highest BCUT2D eigenvalue weighted by molar-refractivity contribution is 7.88. The second kappa shape index (κ2) is 11.6. The van der Waals surface area contributed by atoms with Crippen LogP contribution in [0.5, 0.6) is 0 Å². The van der Waals surface area contributed by atoms with Gasteiger partial charge in [0.1, 0.15) is 11.5 Å². The van der Waals surface area contributed by atoms with Crippen LogP contribution in [0.3, 0.4) is 0 Å². The number of amides is 1. The van der Waals surface area contributed by atoms with Crippen molar-refractivity contribution < 1.29 is 17.6 Å². The number of anilines is 1. The van der Waals surface area contributed by atoms with Gasteiger partial charge in [0.25, 0.3) is 0 Å². The van der Waals surface area contributed by atoms with Gasteiger partial charge in [0, 0.05) is 52.8 Å². The van der Waals surface area contributed by atoms with Crippen molar-refractivity contribution in [2.24, 2.45) is 5.92 Å². The molecule has 0 radical (unpaired) electrons. The lowest BCUT2D eigenvalue weighted by atomic mass is 9.99. The van der Waals surface area contributed by atoms with Gasteiger partial charge in [-0.05, 0) is 65.1 Å². The van der Waals surface area contributed by atoms with Crippen molar-refractivity contribution in [3.8, 4) is 33.6 Å². The average molecular weight is 612 g/mol. The molecule has 0 bridgehead atoms. The van der Waals surface area contributed by atoms with Crippen LogP contribution in [0.15, 0.2) is 73.2 Å². The molecule has 0 spiro atoms. The van der Waals surface area contributed by atoms with E-state index in [1.54, 1.807) is 24.7 Å². The first-order valence-electron chi connectivity index (χ1n) is 14.0. The summed E-state index contributed by atoms with van der Waals surface area (Å²) in [6.45, 7) is 3.96. The van der Waals surface area contributed by atoms with Gasteiger partial charge in [0.05, 0.1) is 23.8 Å². The molecular weight excluding hydrogens is 581 g/mol. The number of aromatic amines is 2. The van der Waals surface area contributed by atoms with Crippen LogP contribution in [0.4, 0.5) is 10.1 Å². The lowest BCUT2D eigenvalue weighted by molar-refractivity contribution is -0.116. The molecule has 6 aromatic rings. The fourth-order valence-electron chi connectivity index (χ4n) is 5.17. The van der Waals surface area contributed by atoms with Gasteiger partial charge < -0.3 is 10.3 Å². The number of hydrogen-bond acceptors (Lipinski definition) is 6. The number of nitrogens with zero attached hydrogens (tertiary/aromatic N) is 3. The molecule has 12 heteroatoms. The van der Waals surface area contributed by atoms with Crippen molar-refractivity contribution in [2.45, 2.75) is 26.8 Å². The number of hydrogen-bond donors (Lipinski definition) is 4. The van der Waals surface area contributed by atoms with Crippen LogP contribution < -0.4 is 10.0 Å². The number of aromatic nitrogens is 5. The maximum Gasteiger partial charge on any atom is 0.224 e. The van der Waals surface area contributed by atoms with E-state index in [-0.39, 0.29) is 18.4 Å². The van der Waals surface area contributed by atoms with Gasteiger partial charge in [0.15, 0.2) is 5.65 Å². The zero-order valence-electron chi connectivity index (χ0n) is 24.3. The van der Waals surface area contributed by atoms with Gasteiger partial charge in [-0.1, -0.05) is 26.0 Å². The predicted octanol–water partition coefficient (Wildman–Crippen LogP) is 6.01. The molecule has 4 N–H and O–H groups in total. The maximum atomic E-state index is 14.6. The molecule has 0 fully saturated rings. The van der Waals surface area contributed by atoms with Crippen LogP contribution >= 0.6 is 0 Å². The zero-order chi connectivity index (χ0) is 31.0. The number of H-pyrrole nitrogens is 2. The Hall–Kier alpha value is -4.94. The van der Waals surface area contributed by atoms with Crippen molar-refractivity contribution in [3.63, 3.8) is 0 Å². The molecule has 0 saturated heterocycles. The first kappa shape index (κ1) is 29.1. The Morgan fingerprint density at radius 1 is 0.977 bits per heavy atom. The lowest BCUT2D eigenvalue weighted by Crippen LogP contribution is -2.21. The third-order valence-electron chi connectivity index (χ3n) is 7.09. The standard InChI is InChI=1S/C32H30FN7O3S/c1-18(2)7-30(41)37-24-11-21(15-34-17-24)22-12-27-31(39-40-32(27)35-16-22)29-13-26-25(5-4-6-28(26)38-29)20-8-19(9-23(33)10-20)14-36-44(3,42)43/h4-6,8-13,15-18,36,38H,7,14H2,1-3H3,(H,37,41)(H,35,39,40).